The highest BCUT2D eigenvalue weighted by Crippen LogP contribution is 2.41. The van der Waals surface area contributed by atoms with E-state index < -0.39 is 5.72 Å². The molecule has 126 valence electrons. The highest BCUT2D eigenvalue weighted by molar-refractivity contribution is 5.99. The van der Waals surface area contributed by atoms with Crippen LogP contribution in [0.4, 0.5) is 0 Å². The second-order valence-electron chi connectivity index (χ2n) is 7.76. The fourth-order valence-electron chi connectivity index (χ4n) is 3.74. The quantitative estimate of drug-likeness (QED) is 0.824. The zero-order chi connectivity index (χ0) is 16.6. The second kappa shape index (κ2) is 6.18. The number of fused-ring (bicyclic) bond motifs is 1. The fourth-order valence-corrected chi connectivity index (χ4v) is 3.74. The molecule has 1 aromatic carbocycles. The van der Waals surface area contributed by atoms with Crippen molar-refractivity contribution in [2.45, 2.75) is 83.8 Å². The lowest BCUT2D eigenvalue weighted by atomic mass is 9.89. The van der Waals surface area contributed by atoms with Gasteiger partial charge in [0.2, 0.25) is 0 Å². The molecular formula is C20H29NO2. The molecule has 1 spiro atoms. The first-order valence-electron chi connectivity index (χ1n) is 9.11. The molecule has 1 heterocycles. The van der Waals surface area contributed by atoms with Gasteiger partial charge in [-0.3, -0.25) is 4.79 Å². The van der Waals surface area contributed by atoms with E-state index in [-0.39, 0.29) is 5.91 Å². The van der Waals surface area contributed by atoms with Crippen LogP contribution in [0.1, 0.15) is 99.5 Å². The molecule has 0 bridgehead atoms. The third-order valence-electron chi connectivity index (χ3n) is 5.22. The molecule has 3 rings (SSSR count). The van der Waals surface area contributed by atoms with Crippen LogP contribution in [0.5, 0.6) is 5.75 Å². The fraction of sp³-hybridized carbons (Fsp3) is 0.650. The van der Waals surface area contributed by atoms with Gasteiger partial charge in [0.05, 0.1) is 5.56 Å². The maximum atomic E-state index is 12.8. The molecule has 0 atom stereocenters. The van der Waals surface area contributed by atoms with E-state index >= 15 is 0 Å². The summed E-state index contributed by atoms with van der Waals surface area (Å²) in [6.07, 6.45) is 6.55. The van der Waals surface area contributed by atoms with Gasteiger partial charge in [-0.1, -0.05) is 46.6 Å². The lowest BCUT2D eigenvalue weighted by Crippen LogP contribution is -2.56. The maximum absolute atomic E-state index is 12.8. The lowest BCUT2D eigenvalue weighted by Gasteiger charge is -2.40. The van der Waals surface area contributed by atoms with E-state index in [0.29, 0.717) is 11.8 Å². The SMILES string of the molecule is CC(C)c1cc2c(c(C(C)C)c1)OC1(CCCCCC1)NC2=O. The highest BCUT2D eigenvalue weighted by Gasteiger charge is 2.41. The number of carbonyl (C=O) groups excluding carboxylic acids is 1. The van der Waals surface area contributed by atoms with Gasteiger partial charge in [0.1, 0.15) is 5.75 Å². The van der Waals surface area contributed by atoms with Gasteiger partial charge in [-0.25, -0.2) is 0 Å². The Labute approximate surface area is 139 Å². The molecule has 3 nitrogen and oxygen atoms in total. The van der Waals surface area contributed by atoms with Crippen LogP contribution in [0.3, 0.4) is 0 Å². The maximum Gasteiger partial charge on any atom is 0.258 e. The summed E-state index contributed by atoms with van der Waals surface area (Å²) in [6.45, 7) is 8.69. The zero-order valence-corrected chi connectivity index (χ0v) is 14.9. The van der Waals surface area contributed by atoms with Crippen molar-refractivity contribution in [3.05, 3.63) is 28.8 Å². The Morgan fingerprint density at radius 3 is 2.22 bits per heavy atom. The van der Waals surface area contributed by atoms with Crippen LogP contribution in [-0.2, 0) is 0 Å². The average Bonchev–Trinajstić information content (AvgIpc) is 2.71. The number of hydrogen-bond acceptors (Lipinski definition) is 2. The second-order valence-corrected chi connectivity index (χ2v) is 7.76. The van der Waals surface area contributed by atoms with Gasteiger partial charge in [-0.05, 0) is 41.9 Å². The summed E-state index contributed by atoms with van der Waals surface area (Å²) in [4.78, 5) is 12.8. The first-order valence-corrected chi connectivity index (χ1v) is 9.11. The third-order valence-corrected chi connectivity index (χ3v) is 5.22. The molecule has 1 N–H and O–H groups in total. The monoisotopic (exact) mass is 315 g/mol. The van der Waals surface area contributed by atoms with E-state index in [2.05, 4.69) is 39.1 Å². The molecule has 1 saturated carbocycles. The Morgan fingerprint density at radius 2 is 1.65 bits per heavy atom. The van der Waals surface area contributed by atoms with Crippen LogP contribution in [-0.4, -0.2) is 11.6 Å². The van der Waals surface area contributed by atoms with Gasteiger partial charge in [0.15, 0.2) is 5.72 Å². The van der Waals surface area contributed by atoms with Crippen LogP contribution in [0, 0.1) is 0 Å². The van der Waals surface area contributed by atoms with Crippen molar-refractivity contribution in [2.24, 2.45) is 0 Å². The standard InChI is InChI=1S/C20H29NO2/c1-13(2)15-11-16(14(3)4)18-17(12-15)19(22)21-20(23-18)9-7-5-6-8-10-20/h11-14H,5-10H2,1-4H3,(H,21,22). The van der Waals surface area contributed by atoms with Gasteiger partial charge in [-0.15, -0.1) is 0 Å². The van der Waals surface area contributed by atoms with Gasteiger partial charge in [0.25, 0.3) is 5.91 Å². The summed E-state index contributed by atoms with van der Waals surface area (Å²) >= 11 is 0. The Balaban J connectivity index is 2.07. The average molecular weight is 315 g/mol. The van der Waals surface area contributed by atoms with E-state index in [1.54, 1.807) is 0 Å². The van der Waals surface area contributed by atoms with Crippen LogP contribution in [0.2, 0.25) is 0 Å². The number of amides is 1. The van der Waals surface area contributed by atoms with Crippen molar-refractivity contribution in [1.82, 2.24) is 5.32 Å². The molecular weight excluding hydrogens is 286 g/mol. The van der Waals surface area contributed by atoms with Gasteiger partial charge in [0, 0.05) is 12.8 Å². The molecule has 3 heteroatoms. The van der Waals surface area contributed by atoms with Gasteiger partial charge in [-0.2, -0.15) is 0 Å². The Hall–Kier alpha value is -1.51. The molecule has 1 aliphatic heterocycles. The Bertz CT molecular complexity index is 596. The molecule has 1 fully saturated rings. The van der Waals surface area contributed by atoms with Crippen LogP contribution < -0.4 is 10.1 Å². The minimum atomic E-state index is -0.483. The first-order chi connectivity index (χ1) is 10.9. The molecule has 1 aromatic rings. The number of nitrogens with one attached hydrogen (secondary N) is 1. The summed E-state index contributed by atoms with van der Waals surface area (Å²) in [6, 6.07) is 4.25. The van der Waals surface area contributed by atoms with Crippen molar-refractivity contribution in [3.8, 4) is 5.75 Å². The van der Waals surface area contributed by atoms with Crippen LogP contribution in [0.25, 0.3) is 0 Å². The van der Waals surface area contributed by atoms with Crippen molar-refractivity contribution >= 4 is 5.91 Å². The Morgan fingerprint density at radius 1 is 1.00 bits per heavy atom. The topological polar surface area (TPSA) is 38.3 Å². The summed E-state index contributed by atoms with van der Waals surface area (Å²) in [7, 11) is 0. The predicted octanol–water partition coefficient (Wildman–Crippen LogP) is 5.11. The van der Waals surface area contributed by atoms with Crippen LogP contribution >= 0.6 is 0 Å². The van der Waals surface area contributed by atoms with Crippen molar-refractivity contribution in [1.29, 1.82) is 0 Å². The van der Waals surface area contributed by atoms with Crippen LogP contribution in [0.15, 0.2) is 12.1 Å². The zero-order valence-electron chi connectivity index (χ0n) is 14.9. The number of carbonyl (C=O) groups is 1. The van der Waals surface area contributed by atoms with E-state index in [1.165, 1.54) is 24.0 Å². The molecule has 0 aromatic heterocycles. The van der Waals surface area contributed by atoms with E-state index in [1.807, 2.05) is 6.07 Å². The summed E-state index contributed by atoms with van der Waals surface area (Å²) < 4.78 is 6.51. The number of hydrogen-bond donors (Lipinski definition) is 1. The highest BCUT2D eigenvalue weighted by atomic mass is 16.5. The first kappa shape index (κ1) is 16.4. The molecule has 0 radical (unpaired) electrons. The number of ether oxygens (including phenoxy) is 1. The van der Waals surface area contributed by atoms with Crippen molar-refractivity contribution < 1.29 is 9.53 Å². The summed E-state index contributed by atoms with van der Waals surface area (Å²) in [5, 5.41) is 3.20. The molecule has 0 saturated heterocycles. The Kier molecular flexibility index (Phi) is 4.39. The normalized spacial score (nSPS) is 20.2. The molecule has 0 unspecified atom stereocenters. The van der Waals surface area contributed by atoms with Gasteiger partial charge >= 0.3 is 0 Å². The van der Waals surface area contributed by atoms with E-state index in [9.17, 15) is 4.79 Å². The molecule has 1 aliphatic carbocycles. The summed E-state index contributed by atoms with van der Waals surface area (Å²) in [5.74, 6) is 1.61. The van der Waals surface area contributed by atoms with Gasteiger partial charge < -0.3 is 10.1 Å². The van der Waals surface area contributed by atoms with E-state index in [4.69, 9.17) is 4.74 Å². The minimum Gasteiger partial charge on any atom is -0.467 e. The number of rotatable bonds is 2. The van der Waals surface area contributed by atoms with Crippen molar-refractivity contribution in [2.75, 3.05) is 0 Å². The minimum absolute atomic E-state index is 0.0394. The lowest BCUT2D eigenvalue weighted by molar-refractivity contribution is 0.00631. The molecule has 23 heavy (non-hydrogen) atoms. The predicted molar refractivity (Wildman–Crippen MR) is 93.1 cm³/mol. The van der Waals surface area contributed by atoms with Crippen molar-refractivity contribution in [3.63, 3.8) is 0 Å². The summed E-state index contributed by atoms with van der Waals surface area (Å²) in [5.41, 5.74) is 2.62. The number of benzene rings is 1. The smallest absolute Gasteiger partial charge is 0.258 e. The van der Waals surface area contributed by atoms with E-state index in [0.717, 1.165) is 37.0 Å². The molecule has 2 aliphatic rings. The largest absolute Gasteiger partial charge is 0.467 e. The third kappa shape index (κ3) is 3.11. The molecule has 1 amide bonds.